The van der Waals surface area contributed by atoms with Crippen LogP contribution < -0.4 is 0 Å². The van der Waals surface area contributed by atoms with Crippen LogP contribution in [0.1, 0.15) is 59.2 Å². The van der Waals surface area contributed by atoms with Crippen molar-refractivity contribution in [3.05, 3.63) is 47.5 Å². The van der Waals surface area contributed by atoms with Gasteiger partial charge in [0.05, 0.1) is 35.5 Å². The molecular formula is C44H68O20S10. The molecule has 0 aliphatic heterocycles. The number of hydrogen-bond donors (Lipinski definition) is 10. The zero-order chi connectivity index (χ0) is 56.6. The third-order valence-electron chi connectivity index (χ3n) is 6.87. The number of carbonyl (C=O) groups excluding carboxylic acids is 10. The lowest BCUT2D eigenvalue weighted by molar-refractivity contribution is -0.149. The van der Waals surface area contributed by atoms with E-state index in [1.165, 1.54) is 12.1 Å². The molecule has 1 aromatic rings. The molecule has 30 heteroatoms. The Hall–Kier alpha value is -2.84. The average Bonchev–Trinajstić information content (AvgIpc) is 3.41. The standard InChI is InChI=1S/C12H14O4S2.C10H18O4S2.C8H14O4S2.C8H12O4S2.C6H10O4S2/c13-11(15-5-7-17)9-3-1-2-4-10(9)12(14)16-6-8-18;11-9(13-5-7-15)3-1-2-4-10(12)14-6-8-16;2*9-7(11-3-5-13)1-2-8(10)12-4-6-14;7-5(3-11)9-1-2-10-6(8)4-12/h1-4,17-18H,5-8H2;15-16H,1-8H2;13-14H,1-6H2;1-2,13-14H,3-6H2;11-12H,1-4H2/b;;;2-1+;. The Morgan fingerprint density at radius 2 is 0.554 bits per heavy atom. The van der Waals surface area contributed by atoms with Gasteiger partial charge in [0.2, 0.25) is 0 Å². The number of hydrogen-bond acceptors (Lipinski definition) is 30. The molecule has 0 radical (unpaired) electrons. The summed E-state index contributed by atoms with van der Waals surface area (Å²) in [6, 6.07) is 6.37. The quantitative estimate of drug-likeness (QED) is 0.0153. The minimum Gasteiger partial charge on any atom is -0.465 e. The summed E-state index contributed by atoms with van der Waals surface area (Å²) in [4.78, 5) is 110. The van der Waals surface area contributed by atoms with Crippen molar-refractivity contribution in [2.75, 3.05) is 124 Å². The van der Waals surface area contributed by atoms with E-state index in [1.807, 2.05) is 0 Å². The maximum absolute atomic E-state index is 11.7. The Morgan fingerprint density at radius 1 is 0.311 bits per heavy atom. The first-order chi connectivity index (χ1) is 35.5. The van der Waals surface area contributed by atoms with Crippen LogP contribution in [0.5, 0.6) is 0 Å². The Bertz CT molecular complexity index is 1620. The van der Waals surface area contributed by atoms with Crippen molar-refractivity contribution in [1.82, 2.24) is 0 Å². The summed E-state index contributed by atoms with van der Waals surface area (Å²) < 4.78 is 47.3. The van der Waals surface area contributed by atoms with Crippen molar-refractivity contribution in [3.8, 4) is 0 Å². The van der Waals surface area contributed by atoms with Crippen molar-refractivity contribution in [2.24, 2.45) is 0 Å². The predicted molar refractivity (Wildman–Crippen MR) is 310 cm³/mol. The number of benzene rings is 1. The highest BCUT2D eigenvalue weighted by Crippen LogP contribution is 2.12. The topological polar surface area (TPSA) is 263 Å². The van der Waals surface area contributed by atoms with E-state index in [9.17, 15) is 47.9 Å². The summed E-state index contributed by atoms with van der Waals surface area (Å²) in [7, 11) is 0. The van der Waals surface area contributed by atoms with Gasteiger partial charge in [-0.3, -0.25) is 28.8 Å². The SMILES string of the molecule is O=C(/C=C/C(=O)OCCS)OCCS.O=C(CCC(=O)OCCS)OCCS.O=C(CCCCC(=O)OCCS)OCCS.O=C(CS)OCCOC(=O)CS.O=C(OCCS)c1ccccc1C(=O)OCCS. The van der Waals surface area contributed by atoms with E-state index in [1.54, 1.807) is 12.1 Å². The lowest BCUT2D eigenvalue weighted by atomic mass is 10.1. The molecule has 0 saturated carbocycles. The molecule has 0 aromatic heterocycles. The molecule has 0 heterocycles. The van der Waals surface area contributed by atoms with E-state index >= 15 is 0 Å². The second kappa shape index (κ2) is 59.4. The second-order valence-electron chi connectivity index (χ2n) is 12.6. The number of esters is 10. The first-order valence-electron chi connectivity index (χ1n) is 22.0. The van der Waals surface area contributed by atoms with Gasteiger partial charge in [-0.05, 0) is 25.0 Å². The third kappa shape index (κ3) is 55.4. The predicted octanol–water partition coefficient (Wildman–Crippen LogP) is 4.49. The lowest BCUT2D eigenvalue weighted by Gasteiger charge is -2.08. The van der Waals surface area contributed by atoms with Gasteiger partial charge in [-0.15, -0.1) is 0 Å². The highest BCUT2D eigenvalue weighted by molar-refractivity contribution is 7.81. The Balaban J connectivity index is -0.000000417. The molecule has 0 aliphatic rings. The fourth-order valence-corrected chi connectivity index (χ4v) is 4.78. The van der Waals surface area contributed by atoms with Crippen LogP contribution in [0.2, 0.25) is 0 Å². The lowest BCUT2D eigenvalue weighted by Crippen LogP contribution is -2.15. The van der Waals surface area contributed by atoms with Crippen LogP contribution in [-0.2, 0) is 85.7 Å². The molecule has 1 aromatic carbocycles. The Morgan fingerprint density at radius 3 is 0.824 bits per heavy atom. The zero-order valence-electron chi connectivity index (χ0n) is 40.5. The van der Waals surface area contributed by atoms with Crippen molar-refractivity contribution in [3.63, 3.8) is 0 Å². The number of thiol groups is 10. The van der Waals surface area contributed by atoms with Crippen LogP contribution in [0.4, 0.5) is 0 Å². The molecular weight excluding hydrogens is 1170 g/mol. The summed E-state index contributed by atoms with van der Waals surface area (Å²) in [6.45, 7) is 2.19. The Kier molecular flexibility index (Phi) is 62.3. The molecule has 0 fully saturated rings. The van der Waals surface area contributed by atoms with E-state index in [4.69, 9.17) is 28.4 Å². The van der Waals surface area contributed by atoms with E-state index < -0.39 is 47.8 Å². The second-order valence-corrected chi connectivity index (χ2v) is 16.8. The molecule has 20 nitrogen and oxygen atoms in total. The first-order valence-corrected chi connectivity index (χ1v) is 28.3. The largest absolute Gasteiger partial charge is 0.465 e. The van der Waals surface area contributed by atoms with Gasteiger partial charge in [0.25, 0.3) is 0 Å². The number of rotatable bonds is 33. The molecule has 0 atom stereocenters. The Labute approximate surface area is 487 Å². The molecule has 0 spiro atoms. The average molecular weight is 1240 g/mol. The summed E-state index contributed by atoms with van der Waals surface area (Å²) in [5, 5.41) is 0. The summed E-state index contributed by atoms with van der Waals surface area (Å²) in [5.41, 5.74) is 0.395. The molecule has 0 aliphatic carbocycles. The molecule has 0 N–H and O–H groups in total. The van der Waals surface area contributed by atoms with Crippen LogP contribution in [0.15, 0.2) is 36.4 Å². The van der Waals surface area contributed by atoms with E-state index in [-0.39, 0.29) is 100 Å². The summed E-state index contributed by atoms with van der Waals surface area (Å²) in [5.74, 6) is -0.576. The fraction of sp³-hybridized carbons (Fsp3) is 0.591. The first kappa shape index (κ1) is 77.7. The zero-order valence-corrected chi connectivity index (χ0v) is 49.4. The van der Waals surface area contributed by atoms with E-state index in [0.29, 0.717) is 84.9 Å². The van der Waals surface area contributed by atoms with Crippen LogP contribution >= 0.6 is 126 Å². The van der Waals surface area contributed by atoms with Crippen molar-refractivity contribution < 1.29 is 95.3 Å². The maximum atomic E-state index is 11.7. The summed E-state index contributed by atoms with van der Waals surface area (Å²) >= 11 is 38.5. The van der Waals surface area contributed by atoms with Gasteiger partial charge in [-0.2, -0.15) is 126 Å². The number of unbranched alkanes of at least 4 members (excludes halogenated alkanes) is 1. The van der Waals surface area contributed by atoms with Gasteiger partial charge >= 0.3 is 59.7 Å². The van der Waals surface area contributed by atoms with Gasteiger partial charge in [-0.1, -0.05) is 12.1 Å². The van der Waals surface area contributed by atoms with Crippen LogP contribution in [0, 0.1) is 0 Å². The molecule has 0 amide bonds. The van der Waals surface area contributed by atoms with Crippen molar-refractivity contribution >= 4 is 186 Å². The van der Waals surface area contributed by atoms with Gasteiger partial charge in [0.15, 0.2) is 0 Å². The monoisotopic (exact) mass is 1240 g/mol. The molecule has 1 rings (SSSR count). The van der Waals surface area contributed by atoms with Crippen LogP contribution in [-0.4, -0.2) is 183 Å². The fourth-order valence-electron chi connectivity index (χ4n) is 3.87. The molecule has 0 saturated heterocycles. The van der Waals surface area contributed by atoms with E-state index in [0.717, 1.165) is 12.2 Å². The maximum Gasteiger partial charge on any atom is 0.339 e. The van der Waals surface area contributed by atoms with E-state index in [2.05, 4.69) is 145 Å². The smallest absolute Gasteiger partial charge is 0.339 e. The third-order valence-corrected chi connectivity index (χ3v) is 8.85. The van der Waals surface area contributed by atoms with Crippen molar-refractivity contribution in [2.45, 2.75) is 38.5 Å². The minimum atomic E-state index is -0.582. The normalized spacial score (nSPS) is 9.76. The van der Waals surface area contributed by atoms with Gasteiger partial charge in [0, 0.05) is 71.0 Å². The molecule has 74 heavy (non-hydrogen) atoms. The molecule has 424 valence electrons. The highest BCUT2D eigenvalue weighted by atomic mass is 32.1. The molecule has 0 bridgehead atoms. The minimum absolute atomic E-state index is 0.0283. The van der Waals surface area contributed by atoms with Crippen molar-refractivity contribution in [1.29, 1.82) is 0 Å². The number of ether oxygens (including phenoxy) is 10. The van der Waals surface area contributed by atoms with Crippen LogP contribution in [0.3, 0.4) is 0 Å². The summed E-state index contributed by atoms with van der Waals surface area (Å²) in [6.07, 6.45) is 4.11. The van der Waals surface area contributed by atoms with Crippen LogP contribution in [0.25, 0.3) is 0 Å². The number of carbonyl (C=O) groups is 10. The van der Waals surface area contributed by atoms with Gasteiger partial charge < -0.3 is 47.4 Å². The van der Waals surface area contributed by atoms with Gasteiger partial charge in [0.1, 0.15) is 66.1 Å². The highest BCUT2D eigenvalue weighted by Gasteiger charge is 2.18. The molecule has 0 unspecified atom stereocenters. The van der Waals surface area contributed by atoms with Gasteiger partial charge in [-0.25, -0.2) is 19.2 Å².